The minimum atomic E-state index is 0.658. The van der Waals surface area contributed by atoms with Gasteiger partial charge >= 0.3 is 0 Å². The van der Waals surface area contributed by atoms with Gasteiger partial charge in [0.2, 0.25) is 5.88 Å². The van der Waals surface area contributed by atoms with Crippen LogP contribution in [-0.2, 0) is 0 Å². The summed E-state index contributed by atoms with van der Waals surface area (Å²) < 4.78 is 7.07. The molecule has 0 N–H and O–H groups in total. The molecule has 0 aliphatic carbocycles. The summed E-state index contributed by atoms with van der Waals surface area (Å²) in [7, 11) is 0. The van der Waals surface area contributed by atoms with E-state index in [0.29, 0.717) is 5.88 Å². The van der Waals surface area contributed by atoms with Crippen molar-refractivity contribution in [3.05, 3.63) is 48.6 Å². The summed E-state index contributed by atoms with van der Waals surface area (Å²) in [5, 5.41) is 8.11. The molecule has 0 atom stereocenters. The second kappa shape index (κ2) is 3.86. The molecule has 0 amide bonds. The Hall–Kier alpha value is -2.43. The molecule has 0 spiro atoms. The highest BCUT2D eigenvalue weighted by Gasteiger charge is 2.07. The topological polar surface area (TPSA) is 56.7 Å². The lowest BCUT2D eigenvalue weighted by Crippen LogP contribution is -1.91. The number of hydrogen-bond donors (Lipinski definition) is 0. The van der Waals surface area contributed by atoms with Gasteiger partial charge in [-0.15, -0.1) is 5.10 Å². The van der Waals surface area contributed by atoms with Crippen LogP contribution in [0.5, 0.6) is 0 Å². The van der Waals surface area contributed by atoms with E-state index in [2.05, 4.69) is 15.3 Å². The smallest absolute Gasteiger partial charge is 0.221 e. The summed E-state index contributed by atoms with van der Waals surface area (Å²) in [5.74, 6) is 1.50. The summed E-state index contributed by atoms with van der Waals surface area (Å²) in [5.41, 5.74) is 1.70. The monoisotopic (exact) mass is 226 g/mol. The highest BCUT2D eigenvalue weighted by molar-refractivity contribution is 5.56. The Kier molecular flexibility index (Phi) is 2.22. The highest BCUT2D eigenvalue weighted by Crippen LogP contribution is 2.17. The molecule has 5 nitrogen and oxygen atoms in total. The van der Waals surface area contributed by atoms with Crippen LogP contribution in [0.3, 0.4) is 0 Å². The van der Waals surface area contributed by atoms with E-state index in [-0.39, 0.29) is 0 Å². The number of furan rings is 1. The number of rotatable bonds is 2. The number of pyridine rings is 1. The Bertz CT molecular complexity index is 627. The zero-order valence-electron chi connectivity index (χ0n) is 9.24. The van der Waals surface area contributed by atoms with Crippen molar-refractivity contribution in [2.45, 2.75) is 6.92 Å². The highest BCUT2D eigenvalue weighted by atomic mass is 16.4. The van der Waals surface area contributed by atoms with E-state index < -0.39 is 0 Å². The molecule has 5 heteroatoms. The molecule has 3 aromatic rings. The third kappa shape index (κ3) is 1.82. The molecule has 3 aromatic heterocycles. The molecule has 0 fully saturated rings. The second-order valence-corrected chi connectivity index (χ2v) is 3.67. The number of aromatic nitrogens is 4. The Labute approximate surface area is 97.7 Å². The number of hydrogen-bond acceptors (Lipinski definition) is 4. The fourth-order valence-electron chi connectivity index (χ4n) is 1.56. The van der Waals surface area contributed by atoms with Crippen LogP contribution in [0.1, 0.15) is 5.76 Å². The normalized spacial score (nSPS) is 10.6. The Balaban J connectivity index is 1.99. The molecule has 0 aliphatic heterocycles. The van der Waals surface area contributed by atoms with E-state index in [1.165, 1.54) is 0 Å². The van der Waals surface area contributed by atoms with Crippen LogP contribution < -0.4 is 0 Å². The van der Waals surface area contributed by atoms with Gasteiger partial charge in [-0.05, 0) is 25.1 Å². The summed E-state index contributed by atoms with van der Waals surface area (Å²) in [6, 6.07) is 7.55. The van der Waals surface area contributed by atoms with E-state index in [1.807, 2.05) is 37.4 Å². The van der Waals surface area contributed by atoms with Gasteiger partial charge in [-0.25, -0.2) is 0 Å². The first-order valence-corrected chi connectivity index (χ1v) is 5.22. The minimum absolute atomic E-state index is 0.658. The van der Waals surface area contributed by atoms with Crippen LogP contribution in [0.15, 0.2) is 47.3 Å². The second-order valence-electron chi connectivity index (χ2n) is 3.67. The Morgan fingerprint density at radius 2 is 2.18 bits per heavy atom. The van der Waals surface area contributed by atoms with E-state index in [4.69, 9.17) is 4.42 Å². The van der Waals surface area contributed by atoms with Crippen LogP contribution in [0.2, 0.25) is 0 Å². The zero-order chi connectivity index (χ0) is 11.7. The van der Waals surface area contributed by atoms with Gasteiger partial charge in [0.1, 0.15) is 11.5 Å². The fraction of sp³-hybridized carbons (Fsp3) is 0.0833. The molecule has 0 radical (unpaired) electrons. The van der Waals surface area contributed by atoms with Gasteiger partial charge < -0.3 is 4.42 Å². The summed E-state index contributed by atoms with van der Waals surface area (Å²) in [6.07, 6.45) is 5.29. The maximum Gasteiger partial charge on any atom is 0.221 e. The molecule has 17 heavy (non-hydrogen) atoms. The zero-order valence-corrected chi connectivity index (χ0v) is 9.24. The van der Waals surface area contributed by atoms with Crippen molar-refractivity contribution < 1.29 is 4.42 Å². The van der Waals surface area contributed by atoms with Gasteiger partial charge in [-0.1, -0.05) is 5.21 Å². The Morgan fingerprint density at radius 3 is 2.88 bits per heavy atom. The molecule has 0 aliphatic rings. The SMILES string of the molecule is Cc1ccc(-n2cc(-c3cccnc3)nn2)o1. The van der Waals surface area contributed by atoms with Crippen molar-refractivity contribution >= 4 is 0 Å². The van der Waals surface area contributed by atoms with Crippen molar-refractivity contribution in [2.75, 3.05) is 0 Å². The summed E-state index contributed by atoms with van der Waals surface area (Å²) in [4.78, 5) is 4.05. The van der Waals surface area contributed by atoms with E-state index >= 15 is 0 Å². The maximum atomic E-state index is 5.46. The Morgan fingerprint density at radius 1 is 1.24 bits per heavy atom. The lowest BCUT2D eigenvalue weighted by molar-refractivity contribution is 0.492. The van der Waals surface area contributed by atoms with Crippen molar-refractivity contribution in [1.82, 2.24) is 20.0 Å². The molecular formula is C12H10N4O. The van der Waals surface area contributed by atoms with Gasteiger partial charge in [0.15, 0.2) is 0 Å². The molecule has 0 saturated heterocycles. The van der Waals surface area contributed by atoms with Gasteiger partial charge in [-0.2, -0.15) is 4.68 Å². The molecule has 0 unspecified atom stereocenters. The first-order valence-electron chi connectivity index (χ1n) is 5.22. The van der Waals surface area contributed by atoms with E-state index in [9.17, 15) is 0 Å². The van der Waals surface area contributed by atoms with Crippen molar-refractivity contribution in [1.29, 1.82) is 0 Å². The quantitative estimate of drug-likeness (QED) is 0.672. The van der Waals surface area contributed by atoms with Gasteiger partial charge in [-0.3, -0.25) is 4.98 Å². The van der Waals surface area contributed by atoms with Crippen LogP contribution in [-0.4, -0.2) is 20.0 Å². The maximum absolute atomic E-state index is 5.46. The molecule has 84 valence electrons. The third-order valence-corrected chi connectivity index (χ3v) is 2.40. The lowest BCUT2D eigenvalue weighted by Gasteiger charge is -1.93. The molecule has 3 rings (SSSR count). The summed E-state index contributed by atoms with van der Waals surface area (Å²) >= 11 is 0. The summed E-state index contributed by atoms with van der Waals surface area (Å²) in [6.45, 7) is 1.89. The van der Waals surface area contributed by atoms with Crippen LogP contribution in [0.4, 0.5) is 0 Å². The fourth-order valence-corrected chi connectivity index (χ4v) is 1.56. The van der Waals surface area contributed by atoms with Crippen LogP contribution in [0.25, 0.3) is 17.1 Å². The standard InChI is InChI=1S/C12H10N4O/c1-9-4-5-12(17-9)16-8-11(14-15-16)10-3-2-6-13-7-10/h2-8H,1H3. The average Bonchev–Trinajstić information content (AvgIpc) is 2.98. The molecule has 0 saturated carbocycles. The van der Waals surface area contributed by atoms with Crippen molar-refractivity contribution in [2.24, 2.45) is 0 Å². The lowest BCUT2D eigenvalue weighted by atomic mass is 10.2. The van der Waals surface area contributed by atoms with E-state index in [1.54, 1.807) is 17.1 Å². The van der Waals surface area contributed by atoms with Crippen LogP contribution >= 0.6 is 0 Å². The van der Waals surface area contributed by atoms with E-state index in [0.717, 1.165) is 17.0 Å². The predicted molar refractivity (Wildman–Crippen MR) is 61.6 cm³/mol. The van der Waals surface area contributed by atoms with Gasteiger partial charge in [0.05, 0.1) is 6.20 Å². The van der Waals surface area contributed by atoms with Gasteiger partial charge in [0.25, 0.3) is 0 Å². The molecule has 0 bridgehead atoms. The number of aryl methyl sites for hydroxylation is 1. The number of nitrogens with zero attached hydrogens (tertiary/aromatic N) is 4. The van der Waals surface area contributed by atoms with Crippen molar-refractivity contribution in [3.8, 4) is 17.1 Å². The van der Waals surface area contributed by atoms with Crippen molar-refractivity contribution in [3.63, 3.8) is 0 Å². The third-order valence-electron chi connectivity index (χ3n) is 2.40. The molecule has 3 heterocycles. The first kappa shape index (κ1) is 9.77. The minimum Gasteiger partial charge on any atom is -0.444 e. The first-order chi connectivity index (χ1) is 8.33. The molecular weight excluding hydrogens is 216 g/mol. The molecule has 0 aromatic carbocycles. The van der Waals surface area contributed by atoms with Gasteiger partial charge in [0, 0.05) is 24.0 Å². The van der Waals surface area contributed by atoms with Crippen LogP contribution in [0, 0.1) is 6.92 Å². The largest absolute Gasteiger partial charge is 0.444 e. The average molecular weight is 226 g/mol. The predicted octanol–water partition coefficient (Wildman–Crippen LogP) is 2.23.